The van der Waals surface area contributed by atoms with Crippen LogP contribution in [0.3, 0.4) is 0 Å². The second kappa shape index (κ2) is 5.26. The molecule has 0 aliphatic carbocycles. The summed E-state index contributed by atoms with van der Waals surface area (Å²) < 4.78 is 0. The summed E-state index contributed by atoms with van der Waals surface area (Å²) in [6.07, 6.45) is 1.74. The SMILES string of the molecule is CN(C)c1nc(N)nc(NCc2ccccn2)n1. The lowest BCUT2D eigenvalue weighted by molar-refractivity contribution is 0.940. The Morgan fingerprint density at radius 3 is 2.72 bits per heavy atom. The maximum absolute atomic E-state index is 5.62. The average molecular weight is 245 g/mol. The van der Waals surface area contributed by atoms with Gasteiger partial charge in [0.1, 0.15) is 0 Å². The van der Waals surface area contributed by atoms with Gasteiger partial charge in [-0.15, -0.1) is 0 Å². The van der Waals surface area contributed by atoms with E-state index < -0.39 is 0 Å². The zero-order valence-electron chi connectivity index (χ0n) is 10.3. The van der Waals surface area contributed by atoms with Gasteiger partial charge in [-0.25, -0.2) is 0 Å². The van der Waals surface area contributed by atoms with Crippen molar-refractivity contribution in [2.75, 3.05) is 30.0 Å². The summed E-state index contributed by atoms with van der Waals surface area (Å²) in [6, 6.07) is 5.72. The van der Waals surface area contributed by atoms with E-state index in [0.717, 1.165) is 5.69 Å². The van der Waals surface area contributed by atoms with Crippen molar-refractivity contribution in [3.8, 4) is 0 Å². The third-order valence-corrected chi connectivity index (χ3v) is 2.19. The van der Waals surface area contributed by atoms with E-state index in [1.54, 1.807) is 11.1 Å². The van der Waals surface area contributed by atoms with Crippen LogP contribution in [0.25, 0.3) is 0 Å². The summed E-state index contributed by atoms with van der Waals surface area (Å²) in [5.74, 6) is 1.15. The second-order valence-corrected chi connectivity index (χ2v) is 3.89. The van der Waals surface area contributed by atoms with Gasteiger partial charge in [-0.1, -0.05) is 6.07 Å². The van der Waals surface area contributed by atoms with Gasteiger partial charge in [0, 0.05) is 20.3 Å². The lowest BCUT2D eigenvalue weighted by Crippen LogP contribution is -2.16. The Morgan fingerprint density at radius 1 is 1.22 bits per heavy atom. The van der Waals surface area contributed by atoms with Crippen LogP contribution in [0.1, 0.15) is 5.69 Å². The minimum atomic E-state index is 0.192. The number of nitrogen functional groups attached to an aromatic ring is 1. The smallest absolute Gasteiger partial charge is 0.231 e. The van der Waals surface area contributed by atoms with Gasteiger partial charge in [0.25, 0.3) is 0 Å². The molecule has 0 saturated heterocycles. The molecule has 2 aromatic rings. The molecule has 7 heteroatoms. The van der Waals surface area contributed by atoms with Gasteiger partial charge in [0.2, 0.25) is 17.8 Å². The molecule has 18 heavy (non-hydrogen) atoms. The minimum Gasteiger partial charge on any atom is -0.368 e. The largest absolute Gasteiger partial charge is 0.368 e. The third kappa shape index (κ3) is 3.03. The van der Waals surface area contributed by atoms with Gasteiger partial charge in [-0.3, -0.25) is 4.98 Å². The summed E-state index contributed by atoms with van der Waals surface area (Å²) in [7, 11) is 3.69. The number of hydrogen-bond acceptors (Lipinski definition) is 7. The molecule has 2 aromatic heterocycles. The predicted molar refractivity (Wildman–Crippen MR) is 70.1 cm³/mol. The van der Waals surface area contributed by atoms with Crippen LogP contribution in [0.4, 0.5) is 17.8 Å². The second-order valence-electron chi connectivity index (χ2n) is 3.89. The normalized spacial score (nSPS) is 10.1. The van der Waals surface area contributed by atoms with Crippen molar-refractivity contribution in [2.24, 2.45) is 0 Å². The standard InChI is InChI=1S/C11H15N7/c1-18(2)11-16-9(12)15-10(17-11)14-7-8-5-3-4-6-13-8/h3-6H,7H2,1-2H3,(H3,12,14,15,16,17). The first-order chi connectivity index (χ1) is 8.65. The molecule has 0 saturated carbocycles. The topological polar surface area (TPSA) is 92.9 Å². The Morgan fingerprint density at radius 2 is 2.06 bits per heavy atom. The van der Waals surface area contributed by atoms with E-state index in [2.05, 4.69) is 25.3 Å². The van der Waals surface area contributed by atoms with Gasteiger partial charge in [0.05, 0.1) is 12.2 Å². The number of anilines is 3. The fourth-order valence-corrected chi connectivity index (χ4v) is 1.33. The molecule has 7 nitrogen and oxygen atoms in total. The van der Waals surface area contributed by atoms with Crippen molar-refractivity contribution >= 4 is 17.8 Å². The van der Waals surface area contributed by atoms with Gasteiger partial charge in [-0.05, 0) is 12.1 Å². The quantitative estimate of drug-likeness (QED) is 0.811. The molecule has 0 unspecified atom stereocenters. The molecule has 0 radical (unpaired) electrons. The lowest BCUT2D eigenvalue weighted by Gasteiger charge is -2.11. The summed E-state index contributed by atoms with van der Waals surface area (Å²) in [5, 5.41) is 3.07. The van der Waals surface area contributed by atoms with E-state index in [4.69, 9.17) is 5.73 Å². The zero-order chi connectivity index (χ0) is 13.0. The van der Waals surface area contributed by atoms with Crippen LogP contribution in [-0.2, 0) is 6.54 Å². The molecule has 0 aliphatic rings. The van der Waals surface area contributed by atoms with Crippen LogP contribution in [0.5, 0.6) is 0 Å². The maximum Gasteiger partial charge on any atom is 0.231 e. The zero-order valence-corrected chi connectivity index (χ0v) is 10.3. The monoisotopic (exact) mass is 245 g/mol. The molecule has 0 spiro atoms. The Hall–Kier alpha value is -2.44. The molecular weight excluding hydrogens is 230 g/mol. The van der Waals surface area contributed by atoms with Crippen LogP contribution >= 0.6 is 0 Å². The minimum absolute atomic E-state index is 0.192. The average Bonchev–Trinajstić information content (AvgIpc) is 2.37. The van der Waals surface area contributed by atoms with Crippen LogP contribution in [0.15, 0.2) is 24.4 Å². The van der Waals surface area contributed by atoms with Crippen LogP contribution in [-0.4, -0.2) is 34.0 Å². The van der Waals surface area contributed by atoms with E-state index in [9.17, 15) is 0 Å². The molecule has 0 amide bonds. The van der Waals surface area contributed by atoms with Crippen LogP contribution < -0.4 is 16.0 Å². The Balaban J connectivity index is 2.10. The number of nitrogens with zero attached hydrogens (tertiary/aromatic N) is 5. The van der Waals surface area contributed by atoms with Gasteiger partial charge < -0.3 is 16.0 Å². The molecule has 94 valence electrons. The highest BCUT2D eigenvalue weighted by Crippen LogP contribution is 2.09. The van der Waals surface area contributed by atoms with E-state index in [1.807, 2.05) is 32.3 Å². The highest BCUT2D eigenvalue weighted by molar-refractivity contribution is 5.40. The molecule has 0 aliphatic heterocycles. The Labute approximate surface area is 105 Å². The fourth-order valence-electron chi connectivity index (χ4n) is 1.33. The molecular formula is C11H15N7. The predicted octanol–water partition coefficient (Wildman–Crippen LogP) is 0.527. The van der Waals surface area contributed by atoms with Crippen LogP contribution in [0.2, 0.25) is 0 Å². The van der Waals surface area contributed by atoms with Gasteiger partial charge >= 0.3 is 0 Å². The van der Waals surface area contributed by atoms with Crippen molar-refractivity contribution in [3.63, 3.8) is 0 Å². The van der Waals surface area contributed by atoms with Gasteiger partial charge in [0.15, 0.2) is 0 Å². The third-order valence-electron chi connectivity index (χ3n) is 2.19. The number of hydrogen-bond donors (Lipinski definition) is 2. The Bertz CT molecular complexity index is 512. The molecule has 3 N–H and O–H groups in total. The van der Waals surface area contributed by atoms with E-state index in [0.29, 0.717) is 18.4 Å². The molecule has 2 rings (SSSR count). The molecule has 0 atom stereocenters. The summed E-state index contributed by atoms with van der Waals surface area (Å²) >= 11 is 0. The first-order valence-electron chi connectivity index (χ1n) is 5.48. The van der Waals surface area contributed by atoms with E-state index in [1.165, 1.54) is 0 Å². The van der Waals surface area contributed by atoms with Crippen LogP contribution in [0, 0.1) is 0 Å². The summed E-state index contributed by atoms with van der Waals surface area (Å²) in [4.78, 5) is 18.2. The van der Waals surface area contributed by atoms with Gasteiger partial charge in [-0.2, -0.15) is 15.0 Å². The highest BCUT2D eigenvalue weighted by Gasteiger charge is 2.05. The Kier molecular flexibility index (Phi) is 3.52. The van der Waals surface area contributed by atoms with Crippen molar-refractivity contribution in [1.82, 2.24) is 19.9 Å². The lowest BCUT2D eigenvalue weighted by atomic mass is 10.3. The fraction of sp³-hybridized carbons (Fsp3) is 0.273. The molecule has 2 heterocycles. The number of nitrogens with one attached hydrogen (secondary N) is 1. The number of rotatable bonds is 4. The summed E-state index contributed by atoms with van der Waals surface area (Å²) in [6.45, 7) is 0.539. The summed E-state index contributed by atoms with van der Waals surface area (Å²) in [5.41, 5.74) is 6.53. The van der Waals surface area contributed by atoms with E-state index >= 15 is 0 Å². The van der Waals surface area contributed by atoms with Crippen molar-refractivity contribution in [2.45, 2.75) is 6.54 Å². The molecule has 0 fully saturated rings. The van der Waals surface area contributed by atoms with Crippen molar-refractivity contribution in [1.29, 1.82) is 0 Å². The van der Waals surface area contributed by atoms with Crippen molar-refractivity contribution in [3.05, 3.63) is 30.1 Å². The first-order valence-corrected chi connectivity index (χ1v) is 5.48. The maximum atomic E-state index is 5.62. The number of aromatic nitrogens is 4. The van der Waals surface area contributed by atoms with Crippen molar-refractivity contribution < 1.29 is 0 Å². The molecule has 0 bridgehead atoms. The molecule has 0 aromatic carbocycles. The number of pyridine rings is 1. The highest BCUT2D eigenvalue weighted by atomic mass is 15.3. The number of nitrogens with two attached hydrogens (primary N) is 1. The van der Waals surface area contributed by atoms with E-state index in [-0.39, 0.29) is 5.95 Å². The first kappa shape index (κ1) is 12.0.